The molecule has 1 saturated heterocycles. The number of nitrogens with zero attached hydrogens (tertiary/aromatic N) is 1. The second-order valence-corrected chi connectivity index (χ2v) is 17.5. The quantitative estimate of drug-likeness (QED) is 0.217. The summed E-state index contributed by atoms with van der Waals surface area (Å²) in [6, 6.07) is 0. The minimum atomic E-state index is -1.13. The average Bonchev–Trinajstić information content (AvgIpc) is 3.67. The fraction of sp³-hybridized carbons (Fsp3) is 0.775. The third-order valence-corrected chi connectivity index (χ3v) is 15.2. The van der Waals surface area contributed by atoms with E-state index in [4.69, 9.17) is 14.2 Å². The number of ketones is 2. The molecule has 10 nitrogen and oxygen atoms in total. The molecule has 1 amide bonds. The number of esters is 2. The van der Waals surface area contributed by atoms with Crippen LogP contribution in [0.5, 0.6) is 0 Å². The van der Waals surface area contributed by atoms with Crippen molar-refractivity contribution in [1.82, 2.24) is 4.90 Å². The highest BCUT2D eigenvalue weighted by molar-refractivity contribution is 6.00. The van der Waals surface area contributed by atoms with Crippen molar-refractivity contribution >= 4 is 29.6 Å². The smallest absolute Gasteiger partial charge is 0.410 e. The van der Waals surface area contributed by atoms with Gasteiger partial charge in [-0.2, -0.15) is 0 Å². The van der Waals surface area contributed by atoms with E-state index in [0.717, 1.165) is 45.2 Å². The summed E-state index contributed by atoms with van der Waals surface area (Å²) < 4.78 is 17.7. The van der Waals surface area contributed by atoms with Crippen LogP contribution in [0.25, 0.3) is 0 Å². The first-order valence-corrected chi connectivity index (χ1v) is 19.0. The van der Waals surface area contributed by atoms with Crippen molar-refractivity contribution in [1.29, 1.82) is 0 Å². The fourth-order valence-corrected chi connectivity index (χ4v) is 12.3. The van der Waals surface area contributed by atoms with E-state index in [0.29, 0.717) is 31.3 Å². The van der Waals surface area contributed by atoms with Gasteiger partial charge < -0.3 is 19.1 Å². The standard InChI is InChI=1S/C40H58N2O8/c1-23(21-48-36(47)42-18-16-41(9)17-19-42)24(2)34(46)35(50-28(6)44)26(4)33-31(49-27(5)43)20-38(8)32-11-10-29-25(3)30(45)12-13-39(29)22-40(32,39)15-14-37(33,38)7/h12-13,23,25-26,29,31-33,35H,2,10-11,14-22H2,1,3-9H3/p+1/t23-,25-,26-,29-,31-,32-,33-,35+,37+,38-,39+,40-/m0/s1. The Morgan fingerprint density at radius 3 is 2.36 bits per heavy atom. The van der Waals surface area contributed by atoms with Crippen LogP contribution in [-0.2, 0) is 33.4 Å². The van der Waals surface area contributed by atoms with Gasteiger partial charge in [-0.25, -0.2) is 4.79 Å². The number of piperazine rings is 1. The minimum Gasteiger partial charge on any atom is -0.462 e. The molecule has 1 N–H and O–H groups in total. The second-order valence-electron chi connectivity index (χ2n) is 17.5. The number of hydrogen-bond acceptors (Lipinski definition) is 8. The lowest BCUT2D eigenvalue weighted by Crippen LogP contribution is -3.12. The molecule has 1 aliphatic heterocycles. The van der Waals surface area contributed by atoms with Crippen molar-refractivity contribution in [2.75, 3.05) is 39.8 Å². The molecule has 6 aliphatic rings. The number of fused-ring (bicyclic) bond motifs is 2. The summed E-state index contributed by atoms with van der Waals surface area (Å²) in [7, 11) is 2.10. The van der Waals surface area contributed by atoms with Crippen molar-refractivity contribution in [3.63, 3.8) is 0 Å². The Hall–Kier alpha value is -3.01. The third kappa shape index (κ3) is 5.57. The maximum absolute atomic E-state index is 14.3. The van der Waals surface area contributed by atoms with Gasteiger partial charge in [-0.3, -0.25) is 24.1 Å². The number of hydrogen-bond donors (Lipinski definition) is 1. The number of nitrogens with one attached hydrogen (secondary N) is 1. The number of Topliss-reactive ketones (excluding diaryl/α,β-unsaturated/α-hetero) is 1. The molecular weight excluding hydrogens is 636 g/mol. The zero-order chi connectivity index (χ0) is 36.6. The van der Waals surface area contributed by atoms with Gasteiger partial charge in [-0.1, -0.05) is 47.3 Å². The minimum absolute atomic E-state index is 0.00969. The molecule has 10 heteroatoms. The number of allylic oxidation sites excluding steroid dienone is 2. The Balaban J connectivity index is 1.24. The van der Waals surface area contributed by atoms with E-state index in [1.807, 2.05) is 13.0 Å². The first kappa shape index (κ1) is 36.8. The molecule has 0 aromatic heterocycles. The predicted molar refractivity (Wildman–Crippen MR) is 186 cm³/mol. The predicted octanol–water partition coefficient (Wildman–Crippen LogP) is 4.22. The van der Waals surface area contributed by atoms with Gasteiger partial charge in [0.15, 0.2) is 17.7 Å². The summed E-state index contributed by atoms with van der Waals surface area (Å²) in [4.78, 5) is 68.1. The number of rotatable bonds is 9. The number of carbonyl (C=O) groups excluding carboxylic acids is 5. The van der Waals surface area contributed by atoms with E-state index in [1.54, 1.807) is 11.8 Å². The van der Waals surface area contributed by atoms with Crippen molar-refractivity contribution in [3.05, 3.63) is 24.3 Å². The Kier molecular flexibility index (Phi) is 9.48. The van der Waals surface area contributed by atoms with Gasteiger partial charge in [-0.05, 0) is 83.7 Å². The molecule has 4 saturated carbocycles. The normalized spacial score (nSPS) is 40.6. The molecule has 0 bridgehead atoms. The van der Waals surface area contributed by atoms with Crippen LogP contribution in [0.2, 0.25) is 0 Å². The Labute approximate surface area is 297 Å². The molecule has 2 spiro atoms. The van der Waals surface area contributed by atoms with Gasteiger partial charge in [0.2, 0.25) is 0 Å². The van der Waals surface area contributed by atoms with E-state index in [9.17, 15) is 24.0 Å². The van der Waals surface area contributed by atoms with Crippen LogP contribution < -0.4 is 4.90 Å². The van der Waals surface area contributed by atoms with E-state index in [-0.39, 0.29) is 57.4 Å². The lowest BCUT2D eigenvalue weighted by atomic mass is 9.43. The number of quaternary nitrogens is 1. The summed E-state index contributed by atoms with van der Waals surface area (Å²) in [5, 5.41) is 0. The number of likely N-dealkylation sites (N-methyl/N-ethyl adjacent to an activating group) is 1. The Morgan fingerprint density at radius 2 is 1.72 bits per heavy atom. The van der Waals surface area contributed by atoms with Crippen molar-refractivity contribution < 1.29 is 43.1 Å². The second kappa shape index (κ2) is 12.9. The van der Waals surface area contributed by atoms with Crippen LogP contribution in [0, 0.1) is 57.2 Å². The zero-order valence-corrected chi connectivity index (χ0v) is 31.5. The number of amides is 1. The summed E-state index contributed by atoms with van der Waals surface area (Å²) in [6.07, 6.45) is 7.80. The average molecular weight is 696 g/mol. The van der Waals surface area contributed by atoms with Crippen LogP contribution in [0.15, 0.2) is 24.3 Å². The molecule has 1 heterocycles. The molecule has 5 aliphatic carbocycles. The first-order valence-electron chi connectivity index (χ1n) is 19.0. The number of ether oxygens (including phenoxy) is 3. The lowest BCUT2D eigenvalue weighted by Gasteiger charge is -2.61. The maximum Gasteiger partial charge on any atom is 0.410 e. The van der Waals surface area contributed by atoms with Gasteiger partial charge in [-0.15, -0.1) is 0 Å². The van der Waals surface area contributed by atoms with Crippen LogP contribution >= 0.6 is 0 Å². The van der Waals surface area contributed by atoms with Crippen LogP contribution in [0.3, 0.4) is 0 Å². The molecule has 0 unspecified atom stereocenters. The fourth-order valence-electron chi connectivity index (χ4n) is 12.3. The van der Waals surface area contributed by atoms with E-state index in [1.165, 1.54) is 18.7 Å². The van der Waals surface area contributed by atoms with Crippen molar-refractivity contribution in [2.24, 2.45) is 57.2 Å². The maximum atomic E-state index is 14.3. The summed E-state index contributed by atoms with van der Waals surface area (Å²) >= 11 is 0. The van der Waals surface area contributed by atoms with Crippen LogP contribution in [-0.4, -0.2) is 86.5 Å². The molecule has 5 fully saturated rings. The topological polar surface area (TPSA) is 121 Å². The monoisotopic (exact) mass is 695 g/mol. The first-order chi connectivity index (χ1) is 23.4. The van der Waals surface area contributed by atoms with Gasteiger partial charge in [0.05, 0.1) is 39.8 Å². The lowest BCUT2D eigenvalue weighted by molar-refractivity contribution is -0.883. The SMILES string of the molecule is C=C(C(=O)[C@H](OC(C)=O)[C@@H](C)[C@H]1[C@@H](OC(C)=O)C[C@@]2(C)[C@@H]3CC[C@H]4[C@H](C)C(=O)C=C[C@@]45C[C@@]35CC[C@]12C)[C@@H](C)COC(=O)N1CC[NH+](C)CC1. The largest absolute Gasteiger partial charge is 0.462 e. The zero-order valence-electron chi connectivity index (χ0n) is 31.5. The van der Waals surface area contributed by atoms with E-state index >= 15 is 0 Å². The van der Waals surface area contributed by atoms with Gasteiger partial charge in [0.1, 0.15) is 6.10 Å². The van der Waals surface area contributed by atoms with E-state index in [2.05, 4.69) is 40.5 Å². The third-order valence-electron chi connectivity index (χ3n) is 15.2. The highest BCUT2D eigenvalue weighted by atomic mass is 16.6. The molecule has 12 atom stereocenters. The van der Waals surface area contributed by atoms with Crippen molar-refractivity contribution in [2.45, 2.75) is 99.2 Å². The molecule has 276 valence electrons. The summed E-state index contributed by atoms with van der Waals surface area (Å²) in [6.45, 7) is 20.3. The summed E-state index contributed by atoms with van der Waals surface area (Å²) in [5.74, 6) is -1.52. The van der Waals surface area contributed by atoms with Crippen LogP contribution in [0.4, 0.5) is 4.79 Å². The summed E-state index contributed by atoms with van der Waals surface area (Å²) in [5.41, 5.74) is -0.115. The van der Waals surface area contributed by atoms with Gasteiger partial charge >= 0.3 is 18.0 Å². The molecule has 0 aromatic rings. The van der Waals surface area contributed by atoms with E-state index < -0.39 is 41.9 Å². The molecule has 0 aromatic carbocycles. The highest BCUT2D eigenvalue weighted by Crippen LogP contribution is 2.87. The highest BCUT2D eigenvalue weighted by Gasteiger charge is 2.81. The van der Waals surface area contributed by atoms with Gasteiger partial charge in [0, 0.05) is 37.5 Å². The molecule has 50 heavy (non-hydrogen) atoms. The number of carbonyl (C=O) groups is 5. The molecule has 6 rings (SSSR count). The molecular formula is C40H59N2O8+. The Morgan fingerprint density at radius 1 is 1.04 bits per heavy atom. The van der Waals surface area contributed by atoms with Crippen molar-refractivity contribution in [3.8, 4) is 0 Å². The molecule has 0 radical (unpaired) electrons. The van der Waals surface area contributed by atoms with Gasteiger partial charge in [0.25, 0.3) is 0 Å². The van der Waals surface area contributed by atoms with Crippen LogP contribution in [0.1, 0.15) is 87.0 Å². The Bertz CT molecular complexity index is 1480.